The molecule has 14 heteroatoms. The SMILES string of the molecule is CC(C)N1CCN(CC2=CC([C@H]3C[C@@]3(NS(=O)(=O)c3ccc(-c4cc(C(F)(F)F)on4)s3)C(=O)O)CC=C2)CC1. The Bertz CT molecular complexity index is 1420. The highest BCUT2D eigenvalue weighted by atomic mass is 32.2. The fraction of sp³-hybridized carbons (Fsp3) is 0.538. The first-order chi connectivity index (χ1) is 18.8. The molecule has 2 aromatic heterocycles. The van der Waals surface area contributed by atoms with E-state index in [2.05, 4.69) is 50.2 Å². The molecular formula is C26H31F3N4O5S2. The van der Waals surface area contributed by atoms with Crippen molar-refractivity contribution >= 4 is 27.3 Å². The number of piperazine rings is 1. The van der Waals surface area contributed by atoms with Crippen LogP contribution in [-0.4, -0.2) is 78.8 Å². The molecule has 0 spiro atoms. The minimum Gasteiger partial charge on any atom is -0.480 e. The molecule has 9 nitrogen and oxygen atoms in total. The Labute approximate surface area is 234 Å². The van der Waals surface area contributed by atoms with Gasteiger partial charge in [0.15, 0.2) is 0 Å². The van der Waals surface area contributed by atoms with Gasteiger partial charge in [0.05, 0.1) is 4.88 Å². The summed E-state index contributed by atoms with van der Waals surface area (Å²) < 4.78 is 71.5. The smallest absolute Gasteiger partial charge is 0.452 e. The number of halogens is 3. The van der Waals surface area contributed by atoms with E-state index in [1.54, 1.807) is 0 Å². The van der Waals surface area contributed by atoms with Crippen molar-refractivity contribution in [1.82, 2.24) is 19.7 Å². The van der Waals surface area contributed by atoms with E-state index >= 15 is 0 Å². The zero-order valence-electron chi connectivity index (χ0n) is 22.0. The molecule has 2 aliphatic carbocycles. The summed E-state index contributed by atoms with van der Waals surface area (Å²) in [4.78, 5) is 17.3. The standard InChI is InChI=1S/C26H31F3N4O5S2/c1-16(2)33-10-8-32(9-11-33)15-17-4-3-5-18(12-17)19-14-25(19,24(34)35)31-40(36,37)23-7-6-21(39-23)20-13-22(38-30-20)26(27,28)29/h3-4,6-7,12-13,16,18-19,31H,5,8-11,14-15H2,1-2H3,(H,34,35)/t18?,19-,25+/m1/s1. The average molecular weight is 601 g/mol. The first-order valence-electron chi connectivity index (χ1n) is 13.0. The van der Waals surface area contributed by atoms with Crippen LogP contribution < -0.4 is 4.72 Å². The van der Waals surface area contributed by atoms with E-state index in [0.29, 0.717) is 29.9 Å². The van der Waals surface area contributed by atoms with E-state index in [0.717, 1.165) is 38.3 Å². The molecular weight excluding hydrogens is 569 g/mol. The molecule has 3 atom stereocenters. The quantitative estimate of drug-likeness (QED) is 0.443. The van der Waals surface area contributed by atoms with Crippen molar-refractivity contribution in [2.24, 2.45) is 11.8 Å². The summed E-state index contributed by atoms with van der Waals surface area (Å²) in [5, 5.41) is 13.5. The second-order valence-corrected chi connectivity index (χ2v) is 13.8. The average Bonchev–Trinajstić information content (AvgIpc) is 3.24. The number of alkyl halides is 3. The maximum atomic E-state index is 13.2. The number of nitrogens with zero attached hydrogens (tertiary/aromatic N) is 3. The molecule has 0 bridgehead atoms. The van der Waals surface area contributed by atoms with Crippen LogP contribution in [0.1, 0.15) is 32.4 Å². The predicted molar refractivity (Wildman–Crippen MR) is 142 cm³/mol. The zero-order chi connectivity index (χ0) is 28.9. The van der Waals surface area contributed by atoms with Gasteiger partial charge in [-0.1, -0.05) is 23.4 Å². The fourth-order valence-electron chi connectivity index (χ4n) is 5.49. The number of hydrogen-bond donors (Lipinski definition) is 2. The molecule has 218 valence electrons. The Morgan fingerprint density at radius 1 is 1.27 bits per heavy atom. The van der Waals surface area contributed by atoms with Gasteiger partial charge in [-0.15, -0.1) is 11.3 Å². The third-order valence-electron chi connectivity index (χ3n) is 7.83. The van der Waals surface area contributed by atoms with Crippen molar-refractivity contribution in [3.8, 4) is 10.6 Å². The molecule has 0 radical (unpaired) electrons. The molecule has 1 unspecified atom stereocenters. The number of aliphatic carboxylic acids is 1. The Kier molecular flexibility index (Phi) is 7.76. The minimum absolute atomic E-state index is 0.134. The van der Waals surface area contributed by atoms with Crippen molar-refractivity contribution in [2.75, 3.05) is 32.7 Å². The molecule has 5 rings (SSSR count). The lowest BCUT2D eigenvalue weighted by Crippen LogP contribution is -2.49. The summed E-state index contributed by atoms with van der Waals surface area (Å²) in [5.74, 6) is -3.11. The second kappa shape index (κ2) is 10.7. The summed E-state index contributed by atoms with van der Waals surface area (Å²) in [5.41, 5.74) is -0.717. The van der Waals surface area contributed by atoms with Crippen LogP contribution in [0.5, 0.6) is 0 Å². The Hall–Kier alpha value is -2.52. The van der Waals surface area contributed by atoms with Crippen LogP contribution in [0.3, 0.4) is 0 Å². The van der Waals surface area contributed by atoms with Crippen LogP contribution in [0, 0.1) is 11.8 Å². The van der Waals surface area contributed by atoms with E-state index in [1.165, 1.54) is 12.1 Å². The lowest BCUT2D eigenvalue weighted by Gasteiger charge is -2.37. The summed E-state index contributed by atoms with van der Waals surface area (Å²) in [7, 11) is -4.27. The molecule has 1 saturated carbocycles. The summed E-state index contributed by atoms with van der Waals surface area (Å²) in [6.45, 7) is 9.02. The third-order valence-corrected chi connectivity index (χ3v) is 10.9. The molecule has 1 aliphatic heterocycles. The Balaban J connectivity index is 1.26. The fourth-order valence-corrected chi connectivity index (χ4v) is 8.16. The number of carbonyl (C=O) groups is 1. The van der Waals surface area contributed by atoms with Crippen molar-refractivity contribution in [3.05, 3.63) is 47.8 Å². The first-order valence-corrected chi connectivity index (χ1v) is 15.3. The molecule has 3 aliphatic rings. The van der Waals surface area contributed by atoms with Crippen LogP contribution in [0.15, 0.2) is 50.7 Å². The second-order valence-electron chi connectivity index (χ2n) is 10.8. The lowest BCUT2D eigenvalue weighted by molar-refractivity contribution is -0.155. The molecule has 1 saturated heterocycles. The Morgan fingerprint density at radius 2 is 2.00 bits per heavy atom. The molecule has 2 aromatic rings. The van der Waals surface area contributed by atoms with Crippen LogP contribution in [0.4, 0.5) is 13.2 Å². The summed E-state index contributed by atoms with van der Waals surface area (Å²) in [6, 6.07) is 3.73. The minimum atomic E-state index is -4.72. The van der Waals surface area contributed by atoms with Gasteiger partial charge in [-0.2, -0.15) is 17.9 Å². The number of nitrogens with one attached hydrogen (secondary N) is 1. The van der Waals surface area contributed by atoms with Crippen LogP contribution in [0.2, 0.25) is 0 Å². The van der Waals surface area contributed by atoms with Crippen LogP contribution in [-0.2, 0) is 21.0 Å². The largest absolute Gasteiger partial charge is 0.480 e. The van der Waals surface area contributed by atoms with Gasteiger partial charge in [0.2, 0.25) is 5.76 Å². The number of carboxylic acids is 1. The van der Waals surface area contributed by atoms with E-state index in [1.807, 2.05) is 6.08 Å². The number of sulfonamides is 1. The predicted octanol–water partition coefficient (Wildman–Crippen LogP) is 4.07. The topological polar surface area (TPSA) is 116 Å². The molecule has 2 fully saturated rings. The van der Waals surface area contributed by atoms with E-state index in [-0.39, 0.29) is 27.1 Å². The maximum absolute atomic E-state index is 13.2. The summed E-state index contributed by atoms with van der Waals surface area (Å²) in [6.07, 6.45) is 2.18. The number of hydrogen-bond acceptors (Lipinski definition) is 8. The van der Waals surface area contributed by atoms with Gasteiger partial charge in [-0.3, -0.25) is 14.6 Å². The lowest BCUT2D eigenvalue weighted by atomic mass is 9.89. The van der Waals surface area contributed by atoms with Gasteiger partial charge in [0.25, 0.3) is 10.0 Å². The number of carboxylic acid groups (broad SMARTS) is 1. The van der Waals surface area contributed by atoms with E-state index in [4.69, 9.17) is 0 Å². The zero-order valence-corrected chi connectivity index (χ0v) is 23.7. The van der Waals surface area contributed by atoms with Gasteiger partial charge < -0.3 is 9.63 Å². The highest BCUT2D eigenvalue weighted by Gasteiger charge is 2.64. The number of aromatic nitrogens is 1. The normalized spacial score (nSPS) is 26.3. The van der Waals surface area contributed by atoms with Gasteiger partial charge in [-0.05, 0) is 56.2 Å². The molecule has 2 N–H and O–H groups in total. The number of rotatable bonds is 9. The highest BCUT2D eigenvalue weighted by Crippen LogP contribution is 2.52. The summed E-state index contributed by atoms with van der Waals surface area (Å²) >= 11 is 0.690. The molecule has 0 aromatic carbocycles. The third kappa shape index (κ3) is 5.91. The molecule has 3 heterocycles. The molecule has 40 heavy (non-hydrogen) atoms. The maximum Gasteiger partial charge on any atom is 0.452 e. The first kappa shape index (κ1) is 29.0. The van der Waals surface area contributed by atoms with Crippen molar-refractivity contribution < 1.29 is 36.0 Å². The molecule has 0 amide bonds. The van der Waals surface area contributed by atoms with E-state index < -0.39 is 39.4 Å². The van der Waals surface area contributed by atoms with Gasteiger partial charge >= 0.3 is 12.1 Å². The van der Waals surface area contributed by atoms with Gasteiger partial charge in [-0.25, -0.2) is 8.42 Å². The van der Waals surface area contributed by atoms with E-state index in [9.17, 15) is 31.5 Å². The van der Waals surface area contributed by atoms with Gasteiger partial charge in [0, 0.05) is 44.8 Å². The number of allylic oxidation sites excluding steroid dienone is 2. The van der Waals surface area contributed by atoms with Crippen molar-refractivity contribution in [3.63, 3.8) is 0 Å². The number of thiophene rings is 1. The Morgan fingerprint density at radius 3 is 2.62 bits per heavy atom. The van der Waals surface area contributed by atoms with Crippen LogP contribution >= 0.6 is 11.3 Å². The van der Waals surface area contributed by atoms with Gasteiger partial charge in [0.1, 0.15) is 15.4 Å². The van der Waals surface area contributed by atoms with Crippen molar-refractivity contribution in [2.45, 2.75) is 48.7 Å². The monoisotopic (exact) mass is 600 g/mol. The van der Waals surface area contributed by atoms with Crippen LogP contribution in [0.25, 0.3) is 10.6 Å². The van der Waals surface area contributed by atoms with Crippen molar-refractivity contribution in [1.29, 1.82) is 0 Å². The highest BCUT2D eigenvalue weighted by molar-refractivity contribution is 7.91.